The molecular weight excluding hydrogens is 250 g/mol. The number of allylic oxidation sites excluding steroid dienone is 1. The van der Waals surface area contributed by atoms with Crippen molar-refractivity contribution >= 4 is 17.2 Å². The fourth-order valence-electron chi connectivity index (χ4n) is 2.58. The minimum Gasteiger partial charge on any atom is -0.357 e. The molecule has 3 heterocycles. The summed E-state index contributed by atoms with van der Waals surface area (Å²) in [6, 6.07) is 4.12. The van der Waals surface area contributed by atoms with Crippen molar-refractivity contribution in [1.29, 1.82) is 0 Å². The second-order valence-electron chi connectivity index (χ2n) is 4.74. The van der Waals surface area contributed by atoms with E-state index in [1.807, 2.05) is 29.9 Å². The van der Waals surface area contributed by atoms with Gasteiger partial charge in [-0.25, -0.2) is 15.0 Å². The van der Waals surface area contributed by atoms with Gasteiger partial charge in [0.05, 0.1) is 5.69 Å². The minimum absolute atomic E-state index is 0.670. The van der Waals surface area contributed by atoms with Crippen LogP contribution in [0.4, 0.5) is 5.95 Å². The molecule has 3 aromatic heterocycles. The van der Waals surface area contributed by atoms with E-state index in [1.54, 1.807) is 6.20 Å². The van der Waals surface area contributed by atoms with Crippen LogP contribution in [-0.2, 0) is 6.42 Å². The molecule has 5 nitrogen and oxygen atoms in total. The first-order chi connectivity index (χ1) is 9.85. The van der Waals surface area contributed by atoms with E-state index in [0.717, 1.165) is 28.9 Å². The van der Waals surface area contributed by atoms with Crippen molar-refractivity contribution in [2.24, 2.45) is 0 Å². The molecule has 0 fully saturated rings. The molecule has 1 N–H and O–H groups in total. The topological polar surface area (TPSA) is 55.1 Å². The Morgan fingerprint density at radius 1 is 1.25 bits per heavy atom. The smallest absolute Gasteiger partial charge is 0.222 e. The first-order valence-electron chi connectivity index (χ1n) is 6.52. The quantitative estimate of drug-likeness (QED) is 0.769. The normalized spacial score (nSPS) is 13.3. The van der Waals surface area contributed by atoms with Crippen molar-refractivity contribution in [2.45, 2.75) is 6.42 Å². The number of hydrogen-bond acceptors (Lipinski definition) is 4. The largest absolute Gasteiger partial charge is 0.357 e. The summed E-state index contributed by atoms with van der Waals surface area (Å²) in [6.07, 6.45) is 10.8. The van der Waals surface area contributed by atoms with Crippen LogP contribution in [0.3, 0.4) is 0 Å². The van der Waals surface area contributed by atoms with E-state index in [2.05, 4.69) is 38.6 Å². The van der Waals surface area contributed by atoms with Gasteiger partial charge in [-0.3, -0.25) is 0 Å². The zero-order valence-corrected chi connectivity index (χ0v) is 11.0. The molecule has 0 aliphatic heterocycles. The Balaban J connectivity index is 1.81. The monoisotopic (exact) mass is 263 g/mol. The molecule has 0 saturated heterocycles. The maximum Gasteiger partial charge on any atom is 0.222 e. The Hall–Kier alpha value is -2.69. The second kappa shape index (κ2) is 4.16. The number of aromatic nitrogens is 4. The fraction of sp³-hybridized carbons (Fsp3) is 0.133. The molecule has 4 rings (SSSR count). The molecule has 0 saturated carbocycles. The van der Waals surface area contributed by atoms with Crippen LogP contribution in [0.5, 0.6) is 0 Å². The molecule has 0 aromatic carbocycles. The van der Waals surface area contributed by atoms with E-state index >= 15 is 0 Å². The van der Waals surface area contributed by atoms with E-state index in [4.69, 9.17) is 0 Å². The first-order valence-corrected chi connectivity index (χ1v) is 6.52. The van der Waals surface area contributed by atoms with Gasteiger partial charge in [0, 0.05) is 43.8 Å². The van der Waals surface area contributed by atoms with E-state index in [-0.39, 0.29) is 0 Å². The van der Waals surface area contributed by atoms with Crippen LogP contribution in [0.1, 0.15) is 16.8 Å². The highest BCUT2D eigenvalue weighted by Gasteiger charge is 2.18. The summed E-state index contributed by atoms with van der Waals surface area (Å²) in [5.41, 5.74) is 5.50. The fourth-order valence-corrected chi connectivity index (χ4v) is 2.58. The van der Waals surface area contributed by atoms with Gasteiger partial charge in [0.25, 0.3) is 0 Å². The number of nitrogens with zero attached hydrogens (tertiary/aromatic N) is 4. The molecule has 0 amide bonds. The Bertz CT molecular complexity index is 831. The molecule has 0 radical (unpaired) electrons. The molecule has 20 heavy (non-hydrogen) atoms. The average molecular weight is 263 g/mol. The van der Waals surface area contributed by atoms with E-state index in [1.165, 1.54) is 5.57 Å². The number of rotatable bonds is 2. The highest BCUT2D eigenvalue weighted by Crippen LogP contribution is 2.31. The highest BCUT2D eigenvalue weighted by atomic mass is 15.1. The highest BCUT2D eigenvalue weighted by molar-refractivity contribution is 5.83. The van der Waals surface area contributed by atoms with E-state index < -0.39 is 0 Å². The minimum atomic E-state index is 0.670. The standard InChI is InChI=1S/C15H13N5/c1-16-15-18-8-12-11(3-4-13(12)19-15)10-2-5-14-17-6-7-20(14)9-10/h2-3,5-9H,4H2,1H3,(H,16,18,19). The Morgan fingerprint density at radius 3 is 3.10 bits per heavy atom. The molecule has 98 valence electrons. The van der Waals surface area contributed by atoms with Crippen LogP contribution >= 0.6 is 0 Å². The lowest BCUT2D eigenvalue weighted by Gasteiger charge is -2.07. The van der Waals surface area contributed by atoms with Crippen molar-refractivity contribution in [3.05, 3.63) is 59.8 Å². The Kier molecular flexibility index (Phi) is 2.32. The van der Waals surface area contributed by atoms with Gasteiger partial charge >= 0.3 is 0 Å². The molecule has 1 aliphatic rings. The second-order valence-corrected chi connectivity index (χ2v) is 4.74. The number of anilines is 1. The third kappa shape index (κ3) is 1.60. The summed E-state index contributed by atoms with van der Waals surface area (Å²) >= 11 is 0. The van der Waals surface area contributed by atoms with Crippen LogP contribution in [-0.4, -0.2) is 26.4 Å². The zero-order valence-electron chi connectivity index (χ0n) is 11.0. The molecule has 0 spiro atoms. The van der Waals surface area contributed by atoms with Crippen LogP contribution in [0.15, 0.2) is 43.0 Å². The Morgan fingerprint density at radius 2 is 2.20 bits per heavy atom. The predicted molar refractivity (Wildman–Crippen MR) is 77.6 cm³/mol. The molecule has 0 bridgehead atoms. The van der Waals surface area contributed by atoms with E-state index in [0.29, 0.717) is 5.95 Å². The van der Waals surface area contributed by atoms with Gasteiger partial charge in [0.1, 0.15) is 5.65 Å². The first kappa shape index (κ1) is 11.2. The third-order valence-electron chi connectivity index (χ3n) is 3.58. The van der Waals surface area contributed by atoms with Gasteiger partial charge in [0.2, 0.25) is 5.95 Å². The van der Waals surface area contributed by atoms with Gasteiger partial charge < -0.3 is 9.72 Å². The van der Waals surface area contributed by atoms with Crippen molar-refractivity contribution in [1.82, 2.24) is 19.4 Å². The SMILES string of the molecule is CNc1ncc2c(n1)CC=C2c1ccc2nccn2c1. The summed E-state index contributed by atoms with van der Waals surface area (Å²) in [5.74, 6) is 0.670. The van der Waals surface area contributed by atoms with Crippen molar-refractivity contribution in [2.75, 3.05) is 12.4 Å². The number of nitrogens with one attached hydrogen (secondary N) is 1. The van der Waals surface area contributed by atoms with Gasteiger partial charge in [-0.05, 0) is 23.3 Å². The zero-order chi connectivity index (χ0) is 13.5. The van der Waals surface area contributed by atoms with Crippen molar-refractivity contribution in [3.8, 4) is 0 Å². The average Bonchev–Trinajstić information content (AvgIpc) is 3.11. The van der Waals surface area contributed by atoms with Crippen LogP contribution in [0.25, 0.3) is 11.2 Å². The lowest BCUT2D eigenvalue weighted by atomic mass is 10.0. The Labute approximate surface area is 116 Å². The number of imidazole rings is 1. The summed E-state index contributed by atoms with van der Waals surface area (Å²) in [7, 11) is 1.83. The van der Waals surface area contributed by atoms with E-state index in [9.17, 15) is 0 Å². The van der Waals surface area contributed by atoms with Gasteiger partial charge in [-0.1, -0.05) is 6.08 Å². The van der Waals surface area contributed by atoms with Crippen molar-refractivity contribution in [3.63, 3.8) is 0 Å². The summed E-state index contributed by atoms with van der Waals surface area (Å²) in [5, 5.41) is 2.97. The number of hydrogen-bond donors (Lipinski definition) is 1. The van der Waals surface area contributed by atoms with Gasteiger partial charge in [0.15, 0.2) is 0 Å². The lowest BCUT2D eigenvalue weighted by Crippen LogP contribution is -2.00. The van der Waals surface area contributed by atoms with Crippen molar-refractivity contribution < 1.29 is 0 Å². The van der Waals surface area contributed by atoms with Crippen LogP contribution in [0.2, 0.25) is 0 Å². The maximum absolute atomic E-state index is 4.51. The summed E-state index contributed by atoms with van der Waals surface area (Å²) in [4.78, 5) is 13.1. The summed E-state index contributed by atoms with van der Waals surface area (Å²) in [6.45, 7) is 0. The molecular formula is C15H13N5. The molecule has 0 atom stereocenters. The molecule has 0 unspecified atom stereocenters. The van der Waals surface area contributed by atoms with Gasteiger partial charge in [-0.2, -0.15) is 0 Å². The number of pyridine rings is 1. The molecule has 1 aliphatic carbocycles. The maximum atomic E-state index is 4.51. The van der Waals surface area contributed by atoms with Crippen LogP contribution in [0, 0.1) is 0 Å². The van der Waals surface area contributed by atoms with Gasteiger partial charge in [-0.15, -0.1) is 0 Å². The predicted octanol–water partition coefficient (Wildman–Crippen LogP) is 2.15. The lowest BCUT2D eigenvalue weighted by molar-refractivity contribution is 1.06. The van der Waals surface area contributed by atoms with Crippen LogP contribution < -0.4 is 5.32 Å². The molecule has 3 aromatic rings. The number of fused-ring (bicyclic) bond motifs is 2. The summed E-state index contributed by atoms with van der Waals surface area (Å²) < 4.78 is 2.02. The third-order valence-corrected chi connectivity index (χ3v) is 3.58. The molecule has 5 heteroatoms.